The number of likely N-dealkylation sites (N-methyl/N-ethyl adjacent to an activating group) is 1. The Bertz CT molecular complexity index is 294. The number of carbonyl (C=O) groups is 1. The zero-order valence-corrected chi connectivity index (χ0v) is 13.4. The SMILES string of the molecule is CN(C(=O)OC(C)(C)C)[C@H](CN)C[C@@H]1CCCCOC1. The van der Waals surface area contributed by atoms with E-state index in [4.69, 9.17) is 15.2 Å². The predicted molar refractivity (Wildman–Crippen MR) is 79.6 cm³/mol. The van der Waals surface area contributed by atoms with Gasteiger partial charge in [0.25, 0.3) is 0 Å². The Hall–Kier alpha value is -0.810. The molecule has 0 aromatic rings. The van der Waals surface area contributed by atoms with Crippen molar-refractivity contribution in [2.24, 2.45) is 11.7 Å². The third kappa shape index (κ3) is 6.09. The molecule has 20 heavy (non-hydrogen) atoms. The second-order valence-corrected chi connectivity index (χ2v) is 6.65. The topological polar surface area (TPSA) is 64.8 Å². The van der Waals surface area contributed by atoms with Crippen molar-refractivity contribution in [3.8, 4) is 0 Å². The fourth-order valence-corrected chi connectivity index (χ4v) is 2.44. The van der Waals surface area contributed by atoms with Crippen LogP contribution in [0.4, 0.5) is 4.79 Å². The largest absolute Gasteiger partial charge is 0.444 e. The Balaban J connectivity index is 2.53. The summed E-state index contributed by atoms with van der Waals surface area (Å²) in [5.74, 6) is 0.482. The van der Waals surface area contributed by atoms with Crippen molar-refractivity contribution in [3.05, 3.63) is 0 Å². The maximum atomic E-state index is 12.1. The Morgan fingerprint density at radius 3 is 2.75 bits per heavy atom. The summed E-state index contributed by atoms with van der Waals surface area (Å²) in [5.41, 5.74) is 5.36. The fourth-order valence-electron chi connectivity index (χ4n) is 2.44. The van der Waals surface area contributed by atoms with E-state index in [1.165, 1.54) is 6.42 Å². The van der Waals surface area contributed by atoms with Crippen LogP contribution in [0, 0.1) is 5.92 Å². The van der Waals surface area contributed by atoms with Crippen molar-refractivity contribution in [2.75, 3.05) is 26.8 Å². The maximum absolute atomic E-state index is 12.1. The van der Waals surface area contributed by atoms with Gasteiger partial charge in [0, 0.05) is 32.8 Å². The van der Waals surface area contributed by atoms with Crippen LogP contribution in [0.1, 0.15) is 46.5 Å². The molecule has 1 rings (SSSR count). The average molecular weight is 286 g/mol. The van der Waals surface area contributed by atoms with Gasteiger partial charge < -0.3 is 20.1 Å². The van der Waals surface area contributed by atoms with Crippen LogP contribution in [0.25, 0.3) is 0 Å². The van der Waals surface area contributed by atoms with Gasteiger partial charge in [0.1, 0.15) is 5.60 Å². The number of amides is 1. The normalized spacial score (nSPS) is 21.9. The highest BCUT2D eigenvalue weighted by molar-refractivity contribution is 5.68. The number of hydrogen-bond donors (Lipinski definition) is 1. The van der Waals surface area contributed by atoms with E-state index in [2.05, 4.69) is 0 Å². The smallest absolute Gasteiger partial charge is 0.410 e. The summed E-state index contributed by atoms with van der Waals surface area (Å²) in [5, 5.41) is 0. The molecule has 2 atom stereocenters. The number of hydrogen-bond acceptors (Lipinski definition) is 4. The van der Waals surface area contributed by atoms with Gasteiger partial charge in [0.15, 0.2) is 0 Å². The molecule has 1 fully saturated rings. The Morgan fingerprint density at radius 2 is 2.15 bits per heavy atom. The van der Waals surface area contributed by atoms with E-state index in [-0.39, 0.29) is 12.1 Å². The van der Waals surface area contributed by atoms with Crippen LogP contribution in [-0.4, -0.2) is 49.4 Å². The molecule has 0 radical (unpaired) electrons. The first-order valence-corrected chi connectivity index (χ1v) is 7.57. The summed E-state index contributed by atoms with van der Waals surface area (Å²) in [7, 11) is 1.77. The molecule has 1 heterocycles. The highest BCUT2D eigenvalue weighted by Gasteiger charge is 2.27. The lowest BCUT2D eigenvalue weighted by Gasteiger charge is -2.32. The molecular weight excluding hydrogens is 256 g/mol. The van der Waals surface area contributed by atoms with Gasteiger partial charge in [-0.2, -0.15) is 0 Å². The van der Waals surface area contributed by atoms with Crippen molar-refractivity contribution in [1.82, 2.24) is 4.90 Å². The average Bonchev–Trinajstić information content (AvgIpc) is 2.61. The van der Waals surface area contributed by atoms with E-state index >= 15 is 0 Å². The minimum Gasteiger partial charge on any atom is -0.444 e. The third-order valence-electron chi connectivity index (χ3n) is 3.61. The van der Waals surface area contributed by atoms with Crippen LogP contribution < -0.4 is 5.73 Å². The van der Waals surface area contributed by atoms with E-state index in [1.54, 1.807) is 11.9 Å². The summed E-state index contributed by atoms with van der Waals surface area (Å²) in [6.07, 6.45) is 4.05. The van der Waals surface area contributed by atoms with Gasteiger partial charge in [-0.3, -0.25) is 0 Å². The van der Waals surface area contributed by atoms with Crippen LogP contribution in [0.2, 0.25) is 0 Å². The third-order valence-corrected chi connectivity index (χ3v) is 3.61. The van der Waals surface area contributed by atoms with Gasteiger partial charge in [0.2, 0.25) is 0 Å². The number of nitrogens with two attached hydrogens (primary N) is 1. The quantitative estimate of drug-likeness (QED) is 0.862. The summed E-state index contributed by atoms with van der Waals surface area (Å²) in [4.78, 5) is 13.7. The first kappa shape index (κ1) is 17.2. The van der Waals surface area contributed by atoms with Crippen LogP contribution >= 0.6 is 0 Å². The Kier molecular flexibility index (Phi) is 6.76. The lowest BCUT2D eigenvalue weighted by molar-refractivity contribution is 0.0187. The molecule has 1 aliphatic heterocycles. The molecule has 0 bridgehead atoms. The van der Waals surface area contributed by atoms with E-state index < -0.39 is 5.60 Å². The Morgan fingerprint density at radius 1 is 1.45 bits per heavy atom. The van der Waals surface area contributed by atoms with Gasteiger partial charge in [-0.25, -0.2) is 4.79 Å². The van der Waals surface area contributed by atoms with Crippen LogP contribution in [-0.2, 0) is 9.47 Å². The molecule has 5 heteroatoms. The van der Waals surface area contributed by atoms with Crippen molar-refractivity contribution in [1.29, 1.82) is 0 Å². The van der Waals surface area contributed by atoms with E-state index in [0.717, 1.165) is 32.5 Å². The van der Waals surface area contributed by atoms with Crippen molar-refractivity contribution < 1.29 is 14.3 Å². The summed E-state index contributed by atoms with van der Waals surface area (Å²) < 4.78 is 11.0. The van der Waals surface area contributed by atoms with Crippen LogP contribution in [0.5, 0.6) is 0 Å². The zero-order valence-electron chi connectivity index (χ0n) is 13.4. The first-order valence-electron chi connectivity index (χ1n) is 7.57. The monoisotopic (exact) mass is 286 g/mol. The number of ether oxygens (including phenoxy) is 2. The molecule has 0 aliphatic carbocycles. The maximum Gasteiger partial charge on any atom is 0.410 e. The summed E-state index contributed by atoms with van der Waals surface area (Å²) in [6, 6.07) is 0.0107. The molecule has 118 valence electrons. The number of rotatable bonds is 4. The fraction of sp³-hybridized carbons (Fsp3) is 0.933. The molecule has 2 N–H and O–H groups in total. The van der Waals surface area contributed by atoms with Gasteiger partial charge >= 0.3 is 6.09 Å². The molecule has 1 saturated heterocycles. The van der Waals surface area contributed by atoms with E-state index in [0.29, 0.717) is 12.5 Å². The van der Waals surface area contributed by atoms with Gasteiger partial charge in [-0.15, -0.1) is 0 Å². The molecule has 0 aromatic carbocycles. The number of carbonyl (C=O) groups excluding carboxylic acids is 1. The van der Waals surface area contributed by atoms with E-state index in [1.807, 2.05) is 20.8 Å². The minimum atomic E-state index is -0.476. The highest BCUT2D eigenvalue weighted by Crippen LogP contribution is 2.21. The highest BCUT2D eigenvalue weighted by atomic mass is 16.6. The molecule has 1 amide bonds. The van der Waals surface area contributed by atoms with Gasteiger partial charge in [-0.1, -0.05) is 6.42 Å². The van der Waals surface area contributed by atoms with Crippen molar-refractivity contribution >= 4 is 6.09 Å². The lowest BCUT2D eigenvalue weighted by Crippen LogP contribution is -2.45. The van der Waals surface area contributed by atoms with Gasteiger partial charge in [-0.05, 0) is 46.0 Å². The Labute approximate surface area is 122 Å². The molecule has 0 unspecified atom stereocenters. The summed E-state index contributed by atoms with van der Waals surface area (Å²) >= 11 is 0. The molecular formula is C15H30N2O3. The summed E-state index contributed by atoms with van der Waals surface area (Å²) in [6.45, 7) is 7.69. The minimum absolute atomic E-state index is 0.0107. The molecule has 5 nitrogen and oxygen atoms in total. The first-order chi connectivity index (χ1) is 9.33. The van der Waals surface area contributed by atoms with Crippen LogP contribution in [0.3, 0.4) is 0 Å². The van der Waals surface area contributed by atoms with Gasteiger partial charge in [0.05, 0.1) is 0 Å². The number of nitrogens with zero attached hydrogens (tertiary/aromatic N) is 1. The van der Waals surface area contributed by atoms with Crippen LogP contribution in [0.15, 0.2) is 0 Å². The molecule has 1 aliphatic rings. The van der Waals surface area contributed by atoms with Crippen molar-refractivity contribution in [3.63, 3.8) is 0 Å². The zero-order chi connectivity index (χ0) is 15.2. The second kappa shape index (κ2) is 7.84. The van der Waals surface area contributed by atoms with E-state index in [9.17, 15) is 4.79 Å². The predicted octanol–water partition coefficient (Wildman–Crippen LogP) is 2.39. The molecule has 0 aromatic heterocycles. The molecule has 0 saturated carbocycles. The molecule has 0 spiro atoms. The van der Waals surface area contributed by atoms with Crippen molar-refractivity contribution in [2.45, 2.75) is 58.1 Å². The standard InChI is InChI=1S/C15H30N2O3/c1-15(2,3)20-14(18)17(4)13(10-16)9-12-7-5-6-8-19-11-12/h12-13H,5-11,16H2,1-4H3/t12-,13-/m0/s1. The second-order valence-electron chi connectivity index (χ2n) is 6.65. The lowest BCUT2D eigenvalue weighted by atomic mass is 9.95.